The third kappa shape index (κ3) is 2.17. The van der Waals surface area contributed by atoms with Crippen molar-refractivity contribution in [1.29, 1.82) is 0 Å². The number of nitrogens with zero attached hydrogens (tertiary/aromatic N) is 1. The van der Waals surface area contributed by atoms with Crippen LogP contribution in [-0.2, 0) is 0 Å². The molecule has 2 unspecified atom stereocenters. The largest absolute Gasteiger partial charge is 0.330 e. The molecular weight excluding hydrogens is 216 g/mol. The summed E-state index contributed by atoms with van der Waals surface area (Å²) in [5, 5.41) is 0. The molecule has 1 fully saturated rings. The van der Waals surface area contributed by atoms with E-state index in [2.05, 4.69) is 37.8 Å². The maximum Gasteiger partial charge on any atom is 0.0484 e. The van der Waals surface area contributed by atoms with Crippen LogP contribution >= 0.6 is 11.3 Å². The van der Waals surface area contributed by atoms with Crippen LogP contribution in [0.25, 0.3) is 0 Å². The number of rotatable bonds is 3. The van der Waals surface area contributed by atoms with Gasteiger partial charge in [-0.2, -0.15) is 0 Å². The van der Waals surface area contributed by atoms with Gasteiger partial charge in [0.15, 0.2) is 0 Å². The van der Waals surface area contributed by atoms with Gasteiger partial charge in [-0.3, -0.25) is 4.90 Å². The topological polar surface area (TPSA) is 29.3 Å². The van der Waals surface area contributed by atoms with Gasteiger partial charge in [0.05, 0.1) is 0 Å². The summed E-state index contributed by atoms with van der Waals surface area (Å²) >= 11 is 1.93. The fraction of sp³-hybridized carbons (Fsp3) is 0.692. The van der Waals surface area contributed by atoms with E-state index in [9.17, 15) is 0 Å². The predicted octanol–water partition coefficient (Wildman–Crippen LogP) is 2.79. The Morgan fingerprint density at radius 2 is 2.25 bits per heavy atom. The average Bonchev–Trinajstić information content (AvgIpc) is 2.82. The molecule has 1 saturated heterocycles. The number of likely N-dealkylation sites (tertiary alicyclic amines) is 1. The smallest absolute Gasteiger partial charge is 0.0484 e. The lowest BCUT2D eigenvalue weighted by molar-refractivity contribution is 0.187. The summed E-state index contributed by atoms with van der Waals surface area (Å²) < 4.78 is 0. The first-order valence-electron chi connectivity index (χ1n) is 6.15. The zero-order valence-corrected chi connectivity index (χ0v) is 11.3. The summed E-state index contributed by atoms with van der Waals surface area (Å²) in [6.45, 7) is 8.75. The number of aryl methyl sites for hydroxylation is 1. The Hall–Kier alpha value is -0.380. The fourth-order valence-corrected chi connectivity index (χ4v) is 3.81. The third-order valence-corrected chi connectivity index (χ3v) is 4.65. The summed E-state index contributed by atoms with van der Waals surface area (Å²) in [4.78, 5) is 5.50. The van der Waals surface area contributed by atoms with Crippen LogP contribution in [0, 0.1) is 12.8 Å². The normalized spacial score (nSPS) is 26.8. The molecule has 1 aliphatic heterocycles. The van der Waals surface area contributed by atoms with Gasteiger partial charge >= 0.3 is 0 Å². The maximum atomic E-state index is 5.91. The number of thiophene rings is 1. The Morgan fingerprint density at radius 3 is 2.75 bits per heavy atom. The predicted molar refractivity (Wildman–Crippen MR) is 70.8 cm³/mol. The van der Waals surface area contributed by atoms with E-state index in [-0.39, 0.29) is 0 Å². The molecule has 0 amide bonds. The first kappa shape index (κ1) is 12.1. The van der Waals surface area contributed by atoms with E-state index in [1.807, 2.05) is 11.3 Å². The summed E-state index contributed by atoms with van der Waals surface area (Å²) in [7, 11) is 0. The van der Waals surface area contributed by atoms with E-state index < -0.39 is 0 Å². The minimum atomic E-state index is 0.559. The molecule has 1 aromatic rings. The van der Waals surface area contributed by atoms with Crippen LogP contribution < -0.4 is 5.73 Å². The molecule has 0 bridgehead atoms. The van der Waals surface area contributed by atoms with Crippen LogP contribution in [0.3, 0.4) is 0 Å². The molecule has 0 aliphatic carbocycles. The third-order valence-electron chi connectivity index (χ3n) is 3.58. The number of hydrogen-bond donors (Lipinski definition) is 1. The van der Waals surface area contributed by atoms with Crippen molar-refractivity contribution in [3.05, 3.63) is 21.9 Å². The molecule has 2 nitrogen and oxygen atoms in total. The van der Waals surface area contributed by atoms with E-state index >= 15 is 0 Å². The van der Waals surface area contributed by atoms with E-state index in [1.165, 1.54) is 22.7 Å². The van der Waals surface area contributed by atoms with Crippen molar-refractivity contribution in [3.63, 3.8) is 0 Å². The molecule has 2 rings (SSSR count). The average molecular weight is 238 g/mol. The second-order valence-electron chi connectivity index (χ2n) is 5.01. The van der Waals surface area contributed by atoms with Crippen molar-refractivity contribution in [3.8, 4) is 0 Å². The van der Waals surface area contributed by atoms with Gasteiger partial charge in [0.1, 0.15) is 0 Å². The van der Waals surface area contributed by atoms with Gasteiger partial charge in [-0.05, 0) is 58.3 Å². The Balaban J connectivity index is 2.25. The second kappa shape index (κ2) is 4.86. The Bertz CT molecular complexity index is 345. The van der Waals surface area contributed by atoms with Gasteiger partial charge in [-0.25, -0.2) is 0 Å². The zero-order chi connectivity index (χ0) is 11.7. The fourth-order valence-electron chi connectivity index (χ4n) is 2.72. The Morgan fingerprint density at radius 1 is 1.50 bits per heavy atom. The van der Waals surface area contributed by atoms with Crippen LogP contribution in [0.5, 0.6) is 0 Å². The van der Waals surface area contributed by atoms with Crippen molar-refractivity contribution in [2.45, 2.75) is 39.3 Å². The molecule has 90 valence electrons. The summed E-state index contributed by atoms with van der Waals surface area (Å²) in [5.74, 6) is 0.639. The van der Waals surface area contributed by atoms with Crippen molar-refractivity contribution in [2.75, 3.05) is 13.1 Å². The molecule has 0 saturated carbocycles. The van der Waals surface area contributed by atoms with Crippen molar-refractivity contribution in [1.82, 2.24) is 4.90 Å². The van der Waals surface area contributed by atoms with Crippen LogP contribution in [0.15, 0.2) is 12.1 Å². The molecule has 1 aliphatic rings. The van der Waals surface area contributed by atoms with Gasteiger partial charge in [-0.15, -0.1) is 11.3 Å². The quantitative estimate of drug-likeness (QED) is 0.877. The molecule has 16 heavy (non-hydrogen) atoms. The van der Waals surface area contributed by atoms with E-state index in [4.69, 9.17) is 5.73 Å². The monoisotopic (exact) mass is 238 g/mol. The minimum absolute atomic E-state index is 0.559. The van der Waals surface area contributed by atoms with Crippen LogP contribution in [-0.4, -0.2) is 24.0 Å². The molecule has 2 N–H and O–H groups in total. The second-order valence-corrected chi connectivity index (χ2v) is 6.33. The molecule has 1 aromatic heterocycles. The summed E-state index contributed by atoms with van der Waals surface area (Å²) in [5.41, 5.74) is 5.91. The van der Waals surface area contributed by atoms with E-state index in [0.29, 0.717) is 18.0 Å². The Labute approximate surface area is 102 Å². The van der Waals surface area contributed by atoms with Gasteiger partial charge in [0, 0.05) is 21.8 Å². The lowest BCUT2D eigenvalue weighted by atomic mass is 9.99. The highest BCUT2D eigenvalue weighted by atomic mass is 32.1. The van der Waals surface area contributed by atoms with Gasteiger partial charge in [0.2, 0.25) is 0 Å². The van der Waals surface area contributed by atoms with Gasteiger partial charge < -0.3 is 5.73 Å². The van der Waals surface area contributed by atoms with Crippen LogP contribution in [0.1, 0.15) is 36.1 Å². The van der Waals surface area contributed by atoms with E-state index in [0.717, 1.165) is 6.54 Å². The highest BCUT2D eigenvalue weighted by Crippen LogP contribution is 2.40. The molecule has 3 heteroatoms. The summed E-state index contributed by atoms with van der Waals surface area (Å²) in [6, 6.07) is 5.69. The highest BCUT2D eigenvalue weighted by molar-refractivity contribution is 7.12. The molecular formula is C13H22N2S. The first-order chi connectivity index (χ1) is 7.63. The van der Waals surface area contributed by atoms with Gasteiger partial charge in [-0.1, -0.05) is 0 Å². The van der Waals surface area contributed by atoms with Crippen molar-refractivity contribution >= 4 is 11.3 Å². The van der Waals surface area contributed by atoms with Crippen LogP contribution in [0.2, 0.25) is 0 Å². The van der Waals surface area contributed by atoms with Crippen molar-refractivity contribution in [2.24, 2.45) is 11.7 Å². The lowest BCUT2D eigenvalue weighted by Gasteiger charge is -2.30. The molecule has 2 atom stereocenters. The first-order valence-corrected chi connectivity index (χ1v) is 6.97. The SMILES string of the molecule is Cc1ccc(C2C(CN)CCN2C(C)C)s1. The number of nitrogens with two attached hydrogens (primary N) is 1. The lowest BCUT2D eigenvalue weighted by Crippen LogP contribution is -2.32. The van der Waals surface area contributed by atoms with Gasteiger partial charge in [0.25, 0.3) is 0 Å². The molecule has 0 radical (unpaired) electrons. The molecule has 0 spiro atoms. The van der Waals surface area contributed by atoms with Crippen LogP contribution in [0.4, 0.5) is 0 Å². The standard InChI is InChI=1S/C13H22N2S/c1-9(2)15-7-6-11(8-14)13(15)12-5-4-10(3)16-12/h4-5,9,11,13H,6-8,14H2,1-3H3. The molecule has 2 heterocycles. The van der Waals surface area contributed by atoms with Crippen molar-refractivity contribution < 1.29 is 0 Å². The zero-order valence-electron chi connectivity index (χ0n) is 10.4. The summed E-state index contributed by atoms with van der Waals surface area (Å²) in [6.07, 6.45) is 1.25. The molecule has 0 aromatic carbocycles. The maximum absolute atomic E-state index is 5.91. The highest BCUT2D eigenvalue weighted by Gasteiger charge is 2.36. The van der Waals surface area contributed by atoms with E-state index in [1.54, 1.807) is 0 Å². The number of hydrogen-bond acceptors (Lipinski definition) is 3. The Kier molecular flexibility index (Phi) is 3.67. The minimum Gasteiger partial charge on any atom is -0.330 e.